The van der Waals surface area contributed by atoms with E-state index in [2.05, 4.69) is 36.5 Å². The van der Waals surface area contributed by atoms with Crippen molar-refractivity contribution in [2.45, 2.75) is 32.5 Å². The second-order valence-electron chi connectivity index (χ2n) is 7.67. The van der Waals surface area contributed by atoms with Crippen molar-refractivity contribution in [3.63, 3.8) is 0 Å². The lowest BCUT2D eigenvalue weighted by molar-refractivity contribution is 0.313. The number of benzene rings is 3. The van der Waals surface area contributed by atoms with Crippen LogP contribution in [0.2, 0.25) is 0 Å². The Morgan fingerprint density at radius 1 is 1.06 bits per heavy atom. The third-order valence-corrected chi connectivity index (χ3v) is 5.54. The monoisotopic (exact) mass is 416 g/mol. The van der Waals surface area contributed by atoms with Gasteiger partial charge in [0.2, 0.25) is 0 Å². The first kappa shape index (κ1) is 20.9. The molecule has 2 atom stereocenters. The second-order valence-corrected chi connectivity index (χ2v) is 7.67. The van der Waals surface area contributed by atoms with Crippen molar-refractivity contribution >= 4 is 5.71 Å². The SMILES string of the molecule is CCOc1cccc([C@H]2CC(c3cccc(OC)c3)=N[C@@H](c3ccc(C)cc3)N2)c1O. The van der Waals surface area contributed by atoms with Crippen molar-refractivity contribution in [2.75, 3.05) is 13.7 Å². The molecule has 4 rings (SSSR count). The first-order chi connectivity index (χ1) is 15.1. The predicted molar refractivity (Wildman–Crippen MR) is 123 cm³/mol. The van der Waals surface area contributed by atoms with Gasteiger partial charge in [-0.25, -0.2) is 0 Å². The molecule has 0 radical (unpaired) electrons. The number of phenolic OH excluding ortho intramolecular Hbond substituents is 1. The van der Waals surface area contributed by atoms with Crippen LogP contribution in [0.4, 0.5) is 0 Å². The molecule has 0 aromatic heterocycles. The number of nitrogens with one attached hydrogen (secondary N) is 1. The van der Waals surface area contributed by atoms with Gasteiger partial charge in [0, 0.05) is 23.7 Å². The average Bonchev–Trinajstić information content (AvgIpc) is 2.81. The van der Waals surface area contributed by atoms with Crippen molar-refractivity contribution in [2.24, 2.45) is 4.99 Å². The Bertz CT molecular complexity index is 1080. The molecule has 5 nitrogen and oxygen atoms in total. The molecule has 3 aromatic carbocycles. The number of ether oxygens (including phenoxy) is 2. The van der Waals surface area contributed by atoms with Gasteiger partial charge in [-0.1, -0.05) is 54.1 Å². The van der Waals surface area contributed by atoms with Crippen LogP contribution < -0.4 is 14.8 Å². The van der Waals surface area contributed by atoms with Gasteiger partial charge in [-0.05, 0) is 43.2 Å². The van der Waals surface area contributed by atoms with Crippen LogP contribution in [-0.4, -0.2) is 24.5 Å². The highest BCUT2D eigenvalue weighted by molar-refractivity contribution is 6.02. The van der Waals surface area contributed by atoms with Crippen molar-refractivity contribution in [1.82, 2.24) is 5.32 Å². The Hall–Kier alpha value is -3.31. The maximum atomic E-state index is 10.9. The second kappa shape index (κ2) is 9.23. The fraction of sp³-hybridized carbons (Fsp3) is 0.269. The molecule has 5 heteroatoms. The fourth-order valence-electron chi connectivity index (χ4n) is 3.90. The van der Waals surface area contributed by atoms with E-state index in [-0.39, 0.29) is 18.0 Å². The van der Waals surface area contributed by atoms with Crippen molar-refractivity contribution in [3.05, 3.63) is 89.0 Å². The summed E-state index contributed by atoms with van der Waals surface area (Å²) in [6, 6.07) is 21.9. The molecule has 0 fully saturated rings. The summed E-state index contributed by atoms with van der Waals surface area (Å²) >= 11 is 0. The molecule has 0 amide bonds. The van der Waals surface area contributed by atoms with Crippen molar-refractivity contribution < 1.29 is 14.6 Å². The van der Waals surface area contributed by atoms with E-state index < -0.39 is 0 Å². The zero-order valence-electron chi connectivity index (χ0n) is 18.1. The minimum absolute atomic E-state index is 0.120. The molecule has 160 valence electrons. The highest BCUT2D eigenvalue weighted by Crippen LogP contribution is 2.39. The number of aryl methyl sites for hydroxylation is 1. The van der Waals surface area contributed by atoms with Gasteiger partial charge in [-0.2, -0.15) is 0 Å². The quantitative estimate of drug-likeness (QED) is 0.570. The zero-order chi connectivity index (χ0) is 21.8. The molecule has 3 aromatic rings. The van der Waals surface area contributed by atoms with Gasteiger partial charge in [-0.3, -0.25) is 10.3 Å². The van der Waals surface area contributed by atoms with Crippen LogP contribution in [0.1, 0.15) is 47.8 Å². The van der Waals surface area contributed by atoms with Gasteiger partial charge in [0.05, 0.1) is 13.7 Å². The van der Waals surface area contributed by atoms with Crippen molar-refractivity contribution in [1.29, 1.82) is 0 Å². The zero-order valence-corrected chi connectivity index (χ0v) is 18.1. The average molecular weight is 417 g/mol. The number of phenols is 1. The van der Waals surface area contributed by atoms with Gasteiger partial charge >= 0.3 is 0 Å². The number of aromatic hydroxyl groups is 1. The Morgan fingerprint density at radius 3 is 2.58 bits per heavy atom. The molecule has 0 aliphatic carbocycles. The summed E-state index contributed by atoms with van der Waals surface area (Å²) in [5.74, 6) is 1.47. The number of hydrogen-bond acceptors (Lipinski definition) is 5. The minimum atomic E-state index is -0.226. The summed E-state index contributed by atoms with van der Waals surface area (Å²) < 4.78 is 11.0. The number of rotatable bonds is 6. The Labute approximate surface area is 183 Å². The van der Waals surface area contributed by atoms with E-state index in [4.69, 9.17) is 14.5 Å². The number of methoxy groups -OCH3 is 1. The van der Waals surface area contributed by atoms with Crippen molar-refractivity contribution in [3.8, 4) is 17.2 Å². The molecule has 0 saturated heterocycles. The minimum Gasteiger partial charge on any atom is -0.504 e. The lowest BCUT2D eigenvalue weighted by atomic mass is 9.93. The van der Waals surface area contributed by atoms with E-state index >= 15 is 0 Å². The maximum absolute atomic E-state index is 10.9. The topological polar surface area (TPSA) is 63.1 Å². The van der Waals surface area contributed by atoms with Crippen LogP contribution in [0.3, 0.4) is 0 Å². The number of para-hydroxylation sites is 1. The highest BCUT2D eigenvalue weighted by atomic mass is 16.5. The molecule has 0 unspecified atom stereocenters. The van der Waals surface area contributed by atoms with Crippen LogP contribution in [-0.2, 0) is 0 Å². The van der Waals surface area contributed by atoms with Crippen LogP contribution in [0, 0.1) is 6.92 Å². The van der Waals surface area contributed by atoms with Crippen LogP contribution in [0.15, 0.2) is 71.7 Å². The normalized spacial score (nSPS) is 18.4. The predicted octanol–water partition coefficient (Wildman–Crippen LogP) is 5.33. The summed E-state index contributed by atoms with van der Waals surface area (Å²) in [6.45, 7) is 4.48. The number of nitrogens with zero attached hydrogens (tertiary/aromatic N) is 1. The summed E-state index contributed by atoms with van der Waals surface area (Å²) in [5, 5.41) is 14.5. The third kappa shape index (κ3) is 4.57. The molecule has 1 aliphatic rings. The Morgan fingerprint density at radius 2 is 1.84 bits per heavy atom. The summed E-state index contributed by atoms with van der Waals surface area (Å²) in [4.78, 5) is 5.03. The summed E-state index contributed by atoms with van der Waals surface area (Å²) in [7, 11) is 1.67. The lowest BCUT2D eigenvalue weighted by Crippen LogP contribution is -2.33. The fourth-order valence-corrected chi connectivity index (χ4v) is 3.90. The van der Waals surface area contributed by atoms with E-state index in [9.17, 15) is 5.11 Å². The molecule has 0 saturated carbocycles. The third-order valence-electron chi connectivity index (χ3n) is 5.54. The van der Waals surface area contributed by atoms with Crippen LogP contribution >= 0.6 is 0 Å². The maximum Gasteiger partial charge on any atom is 0.162 e. The highest BCUT2D eigenvalue weighted by Gasteiger charge is 2.28. The largest absolute Gasteiger partial charge is 0.504 e. The van der Waals surface area contributed by atoms with E-state index in [1.54, 1.807) is 13.2 Å². The van der Waals surface area contributed by atoms with E-state index in [1.807, 2.05) is 43.3 Å². The summed E-state index contributed by atoms with van der Waals surface area (Å²) in [5.41, 5.74) is 5.07. The van der Waals surface area contributed by atoms with Gasteiger partial charge < -0.3 is 14.6 Å². The molecular formula is C26H28N2O3. The van der Waals surface area contributed by atoms with Crippen LogP contribution in [0.5, 0.6) is 17.2 Å². The summed E-state index contributed by atoms with van der Waals surface area (Å²) in [6.07, 6.45) is 0.411. The molecule has 31 heavy (non-hydrogen) atoms. The Balaban J connectivity index is 1.75. The molecule has 0 spiro atoms. The van der Waals surface area contributed by atoms with E-state index in [1.165, 1.54) is 5.56 Å². The number of aliphatic imine (C=N–C) groups is 1. The van der Waals surface area contributed by atoms with Crippen LogP contribution in [0.25, 0.3) is 0 Å². The molecular weight excluding hydrogens is 388 g/mol. The lowest BCUT2D eigenvalue weighted by Gasteiger charge is -2.31. The molecule has 1 aliphatic heterocycles. The molecule has 0 bridgehead atoms. The number of hydrogen-bond donors (Lipinski definition) is 2. The van der Waals surface area contributed by atoms with Gasteiger partial charge in [0.15, 0.2) is 11.5 Å². The van der Waals surface area contributed by atoms with Gasteiger partial charge in [0.1, 0.15) is 11.9 Å². The molecule has 1 heterocycles. The molecule has 2 N–H and O–H groups in total. The van der Waals surface area contributed by atoms with E-state index in [0.717, 1.165) is 28.2 Å². The Kier molecular flexibility index (Phi) is 6.23. The van der Waals surface area contributed by atoms with Gasteiger partial charge in [0.25, 0.3) is 0 Å². The first-order valence-corrected chi connectivity index (χ1v) is 10.6. The smallest absolute Gasteiger partial charge is 0.162 e. The van der Waals surface area contributed by atoms with E-state index in [0.29, 0.717) is 18.8 Å². The van der Waals surface area contributed by atoms with Gasteiger partial charge in [-0.15, -0.1) is 0 Å². The first-order valence-electron chi connectivity index (χ1n) is 10.6. The standard InChI is InChI=1S/C26H28N2O3/c1-4-31-24-10-6-9-21(25(24)29)23-16-22(19-7-5-8-20(15-19)30-3)27-26(28-23)18-13-11-17(2)12-14-18/h5-15,23,26,28-29H,4,16H2,1-3H3/t23-,26-/m1/s1.